The monoisotopic (exact) mass is 268 g/mol. The summed E-state index contributed by atoms with van der Waals surface area (Å²) in [4.78, 5) is 3.99. The summed E-state index contributed by atoms with van der Waals surface area (Å²) in [5, 5.41) is 3.22. The molecular weight excluding hydrogens is 243 g/mol. The molecule has 0 unspecified atom stereocenters. The molecule has 0 saturated heterocycles. The number of nitrogens with one attached hydrogen (secondary N) is 1. The maximum Gasteiger partial charge on any atom is 0.251 e. The Morgan fingerprint density at radius 1 is 1.42 bits per heavy atom. The summed E-state index contributed by atoms with van der Waals surface area (Å²) in [5.41, 5.74) is 0.190. The van der Waals surface area contributed by atoms with E-state index in [9.17, 15) is 4.39 Å². The molecule has 0 bridgehead atoms. The van der Waals surface area contributed by atoms with E-state index in [1.165, 1.54) is 0 Å². The minimum absolute atomic E-state index is 0.0932. The molecule has 0 aliphatic heterocycles. The van der Waals surface area contributed by atoms with Crippen LogP contribution < -0.4 is 10.1 Å². The average Bonchev–Trinajstić information content (AvgIpc) is 2.33. The van der Waals surface area contributed by atoms with Crippen LogP contribution in [-0.2, 0) is 6.54 Å². The fourth-order valence-electron chi connectivity index (χ4n) is 1.50. The molecule has 1 N–H and O–H groups in total. The maximum absolute atomic E-state index is 14.2. The van der Waals surface area contributed by atoms with Crippen molar-refractivity contribution in [1.29, 1.82) is 0 Å². The lowest BCUT2D eigenvalue weighted by Gasteiger charge is -2.24. The zero-order valence-corrected chi connectivity index (χ0v) is 12.6. The highest BCUT2D eigenvalue weighted by Crippen LogP contribution is 2.23. The normalized spacial score (nSPS) is 11.9. The molecule has 1 aromatic heterocycles. The molecule has 108 valence electrons. The minimum Gasteiger partial charge on any atom is -0.470 e. The Bertz CT molecular complexity index is 405. The Hall–Kier alpha value is -1.16. The Labute approximate surface area is 115 Å². The van der Waals surface area contributed by atoms with Gasteiger partial charge < -0.3 is 10.1 Å². The molecule has 0 saturated carbocycles. The van der Waals surface area contributed by atoms with Gasteiger partial charge in [0.25, 0.3) is 5.88 Å². The van der Waals surface area contributed by atoms with E-state index in [0.29, 0.717) is 18.0 Å². The summed E-state index contributed by atoms with van der Waals surface area (Å²) in [6.45, 7) is 11.5. The highest BCUT2D eigenvalue weighted by Gasteiger charge is 2.21. The molecule has 3 nitrogen and oxygen atoms in total. The van der Waals surface area contributed by atoms with Crippen molar-refractivity contribution in [3.05, 3.63) is 23.6 Å². The van der Waals surface area contributed by atoms with Crippen molar-refractivity contribution >= 4 is 0 Å². The Morgan fingerprint density at radius 2 is 2.11 bits per heavy atom. The van der Waals surface area contributed by atoms with Gasteiger partial charge in [-0.2, -0.15) is 0 Å². The van der Waals surface area contributed by atoms with Crippen LogP contribution in [0.1, 0.15) is 46.6 Å². The number of aromatic nitrogens is 1. The SMILES string of the molecule is CCC(C)(C)Oc1nccc(CNCC(C)C)c1F. The second-order valence-corrected chi connectivity index (χ2v) is 5.83. The van der Waals surface area contributed by atoms with E-state index in [2.05, 4.69) is 24.1 Å². The van der Waals surface area contributed by atoms with Gasteiger partial charge in [-0.1, -0.05) is 20.8 Å². The summed E-state index contributed by atoms with van der Waals surface area (Å²) < 4.78 is 19.9. The zero-order chi connectivity index (χ0) is 14.5. The highest BCUT2D eigenvalue weighted by molar-refractivity contribution is 5.24. The first-order valence-electron chi connectivity index (χ1n) is 6.89. The first-order valence-corrected chi connectivity index (χ1v) is 6.89. The quantitative estimate of drug-likeness (QED) is 0.821. The van der Waals surface area contributed by atoms with E-state index >= 15 is 0 Å². The molecule has 19 heavy (non-hydrogen) atoms. The van der Waals surface area contributed by atoms with Crippen LogP contribution in [0.25, 0.3) is 0 Å². The first-order chi connectivity index (χ1) is 8.85. The third-order valence-electron chi connectivity index (χ3n) is 3.03. The molecule has 0 amide bonds. The average molecular weight is 268 g/mol. The van der Waals surface area contributed by atoms with E-state index in [4.69, 9.17) is 4.74 Å². The molecule has 4 heteroatoms. The van der Waals surface area contributed by atoms with Crippen molar-refractivity contribution in [2.75, 3.05) is 6.54 Å². The van der Waals surface area contributed by atoms with Gasteiger partial charge in [-0.3, -0.25) is 0 Å². The van der Waals surface area contributed by atoms with Crippen LogP contribution in [0.15, 0.2) is 12.3 Å². The second kappa shape index (κ2) is 6.85. The predicted molar refractivity (Wildman–Crippen MR) is 75.7 cm³/mol. The maximum atomic E-state index is 14.2. The van der Waals surface area contributed by atoms with Crippen LogP contribution in [-0.4, -0.2) is 17.1 Å². The van der Waals surface area contributed by atoms with Crippen molar-refractivity contribution in [1.82, 2.24) is 10.3 Å². The van der Waals surface area contributed by atoms with Gasteiger partial charge in [0.1, 0.15) is 5.60 Å². The van der Waals surface area contributed by atoms with Gasteiger partial charge >= 0.3 is 0 Å². The van der Waals surface area contributed by atoms with Crippen LogP contribution in [0.5, 0.6) is 5.88 Å². The largest absolute Gasteiger partial charge is 0.470 e. The number of halogens is 1. The lowest BCUT2D eigenvalue weighted by atomic mass is 10.1. The molecule has 0 fully saturated rings. The third kappa shape index (κ3) is 5.15. The number of hydrogen-bond acceptors (Lipinski definition) is 3. The molecular formula is C15H25FN2O. The van der Waals surface area contributed by atoms with Gasteiger partial charge in [0.15, 0.2) is 5.82 Å². The summed E-state index contributed by atoms with van der Waals surface area (Å²) in [6.07, 6.45) is 2.39. The number of pyridine rings is 1. The third-order valence-corrected chi connectivity index (χ3v) is 3.03. The second-order valence-electron chi connectivity index (χ2n) is 5.83. The van der Waals surface area contributed by atoms with Crippen LogP contribution in [0.3, 0.4) is 0 Å². The van der Waals surface area contributed by atoms with Crippen LogP contribution in [0, 0.1) is 11.7 Å². The van der Waals surface area contributed by atoms with E-state index in [-0.39, 0.29) is 11.7 Å². The molecule has 1 rings (SSSR count). The van der Waals surface area contributed by atoms with Crippen molar-refractivity contribution in [3.63, 3.8) is 0 Å². The van der Waals surface area contributed by atoms with Crippen LogP contribution in [0.4, 0.5) is 4.39 Å². The van der Waals surface area contributed by atoms with Gasteiger partial charge in [-0.25, -0.2) is 9.37 Å². The van der Waals surface area contributed by atoms with Gasteiger partial charge in [0.05, 0.1) is 0 Å². The number of hydrogen-bond donors (Lipinski definition) is 1. The smallest absolute Gasteiger partial charge is 0.251 e. The minimum atomic E-state index is -0.405. The van der Waals surface area contributed by atoms with E-state index in [1.54, 1.807) is 12.3 Å². The van der Waals surface area contributed by atoms with Gasteiger partial charge in [-0.05, 0) is 38.8 Å². The highest BCUT2D eigenvalue weighted by atomic mass is 19.1. The molecule has 1 aromatic rings. The van der Waals surface area contributed by atoms with Crippen LogP contribution >= 0.6 is 0 Å². The summed E-state index contributed by atoms with van der Waals surface area (Å²) in [5.74, 6) is 0.274. The Balaban J connectivity index is 2.75. The fraction of sp³-hybridized carbons (Fsp3) is 0.667. The van der Waals surface area contributed by atoms with Crippen molar-refractivity contribution in [2.45, 2.75) is 53.2 Å². The molecule has 0 spiro atoms. The Morgan fingerprint density at radius 3 is 2.68 bits per heavy atom. The molecule has 0 aliphatic carbocycles. The molecule has 0 atom stereocenters. The lowest BCUT2D eigenvalue weighted by molar-refractivity contribution is 0.0926. The topological polar surface area (TPSA) is 34.1 Å². The van der Waals surface area contributed by atoms with Crippen molar-refractivity contribution in [2.24, 2.45) is 5.92 Å². The van der Waals surface area contributed by atoms with Crippen LogP contribution in [0.2, 0.25) is 0 Å². The van der Waals surface area contributed by atoms with Crippen molar-refractivity contribution in [3.8, 4) is 5.88 Å². The summed E-state index contributed by atoms with van der Waals surface area (Å²) in [7, 11) is 0. The van der Waals surface area contributed by atoms with Gasteiger partial charge in [-0.15, -0.1) is 0 Å². The Kier molecular flexibility index (Phi) is 5.73. The summed E-state index contributed by atoms with van der Waals surface area (Å²) in [6, 6.07) is 1.69. The molecule has 1 heterocycles. The number of nitrogens with zero attached hydrogens (tertiary/aromatic N) is 1. The van der Waals surface area contributed by atoms with Gasteiger partial charge in [0.2, 0.25) is 0 Å². The van der Waals surface area contributed by atoms with E-state index < -0.39 is 5.60 Å². The van der Waals surface area contributed by atoms with Crippen molar-refractivity contribution < 1.29 is 9.13 Å². The predicted octanol–water partition coefficient (Wildman–Crippen LogP) is 3.53. The number of ether oxygens (including phenoxy) is 1. The van der Waals surface area contributed by atoms with E-state index in [1.807, 2.05) is 20.8 Å². The first kappa shape index (κ1) is 15.9. The van der Waals surface area contributed by atoms with E-state index in [0.717, 1.165) is 13.0 Å². The van der Waals surface area contributed by atoms with Gasteiger partial charge in [0, 0.05) is 18.3 Å². The standard InChI is InChI=1S/C15H25FN2O/c1-6-15(4,5)19-14-13(16)12(7-8-18-14)10-17-9-11(2)3/h7-8,11,17H,6,9-10H2,1-5H3. The molecule has 0 aliphatic rings. The summed E-state index contributed by atoms with van der Waals surface area (Å²) >= 11 is 0. The molecule has 0 radical (unpaired) electrons. The zero-order valence-electron chi connectivity index (χ0n) is 12.6. The molecule has 0 aromatic carbocycles. The number of rotatable bonds is 7. The lowest BCUT2D eigenvalue weighted by Crippen LogP contribution is -2.28. The fourth-order valence-corrected chi connectivity index (χ4v) is 1.50.